The molecule has 0 aliphatic heterocycles. The molecule has 0 unspecified atom stereocenters. The Morgan fingerprint density at radius 2 is 2.25 bits per heavy atom. The summed E-state index contributed by atoms with van der Waals surface area (Å²) < 4.78 is 26.6. The second-order valence-corrected chi connectivity index (χ2v) is 6.50. The van der Waals surface area contributed by atoms with E-state index in [1.165, 1.54) is 29.8 Å². The smallest absolute Gasteiger partial charge is 0.242 e. The zero-order chi connectivity index (χ0) is 14.4. The van der Waals surface area contributed by atoms with Crippen molar-refractivity contribution in [2.45, 2.75) is 11.4 Å². The summed E-state index contributed by atoms with van der Waals surface area (Å²) in [5.74, 6) is 5.33. The van der Waals surface area contributed by atoms with Gasteiger partial charge in [0.1, 0.15) is 11.5 Å². The van der Waals surface area contributed by atoms with Gasteiger partial charge in [-0.15, -0.1) is 11.3 Å². The first-order valence-corrected chi connectivity index (χ1v) is 8.05. The summed E-state index contributed by atoms with van der Waals surface area (Å²) in [5.41, 5.74) is 0.720. The number of aliphatic hydroxyl groups excluding tert-OH is 1. The molecule has 20 heavy (non-hydrogen) atoms. The second kappa shape index (κ2) is 6.63. The lowest BCUT2D eigenvalue weighted by molar-refractivity contribution is 0.350. The molecule has 2 aromatic rings. The van der Waals surface area contributed by atoms with Crippen LogP contribution in [0.25, 0.3) is 0 Å². The minimum atomic E-state index is -3.58. The van der Waals surface area contributed by atoms with Crippen molar-refractivity contribution in [3.63, 3.8) is 0 Å². The Labute approximate surface area is 121 Å². The molecular formula is C13H12N2O3S2. The predicted octanol–water partition coefficient (Wildman–Crippen LogP) is 0.965. The number of aliphatic hydroxyl groups is 1. The lowest BCUT2D eigenvalue weighted by Gasteiger charge is -2.05. The molecule has 2 aromatic heterocycles. The van der Waals surface area contributed by atoms with E-state index in [2.05, 4.69) is 21.5 Å². The van der Waals surface area contributed by atoms with Crippen LogP contribution in [0.2, 0.25) is 0 Å². The van der Waals surface area contributed by atoms with E-state index in [1.807, 2.05) is 5.38 Å². The van der Waals surface area contributed by atoms with Gasteiger partial charge >= 0.3 is 0 Å². The van der Waals surface area contributed by atoms with Gasteiger partial charge in [0.25, 0.3) is 0 Å². The normalized spacial score (nSPS) is 10.8. The highest BCUT2D eigenvalue weighted by atomic mass is 32.2. The average Bonchev–Trinajstić information content (AvgIpc) is 2.91. The highest BCUT2D eigenvalue weighted by Crippen LogP contribution is 2.16. The molecule has 0 bridgehead atoms. The number of aromatic nitrogens is 1. The van der Waals surface area contributed by atoms with Gasteiger partial charge in [-0.25, -0.2) is 13.1 Å². The van der Waals surface area contributed by atoms with Crippen LogP contribution < -0.4 is 4.72 Å². The first-order valence-electron chi connectivity index (χ1n) is 5.69. The third kappa shape index (κ3) is 3.65. The van der Waals surface area contributed by atoms with Crippen molar-refractivity contribution in [2.24, 2.45) is 0 Å². The number of hydrogen-bond acceptors (Lipinski definition) is 5. The maximum atomic E-state index is 12.0. The molecule has 0 aliphatic carbocycles. The van der Waals surface area contributed by atoms with Crippen molar-refractivity contribution in [1.29, 1.82) is 0 Å². The first-order chi connectivity index (χ1) is 9.63. The number of sulfonamides is 1. The molecular weight excluding hydrogens is 296 g/mol. The molecule has 2 heterocycles. The van der Waals surface area contributed by atoms with Crippen LogP contribution >= 0.6 is 11.3 Å². The Morgan fingerprint density at radius 1 is 1.40 bits per heavy atom. The van der Waals surface area contributed by atoms with Gasteiger partial charge in [-0.2, -0.15) is 0 Å². The second-order valence-electron chi connectivity index (χ2n) is 3.73. The summed E-state index contributed by atoms with van der Waals surface area (Å²) in [6, 6.07) is 4.84. The molecule has 0 atom stereocenters. The molecule has 0 aromatic carbocycles. The van der Waals surface area contributed by atoms with Crippen LogP contribution in [0.15, 0.2) is 40.9 Å². The number of nitrogens with zero attached hydrogens (tertiary/aromatic N) is 1. The average molecular weight is 308 g/mol. The van der Waals surface area contributed by atoms with Crippen molar-refractivity contribution in [2.75, 3.05) is 6.61 Å². The summed E-state index contributed by atoms with van der Waals surface area (Å²) in [5, 5.41) is 10.5. The fraction of sp³-hybridized carbons (Fsp3) is 0.154. The number of thiophene rings is 1. The van der Waals surface area contributed by atoms with Crippen molar-refractivity contribution >= 4 is 21.4 Å². The zero-order valence-corrected chi connectivity index (χ0v) is 12.0. The summed E-state index contributed by atoms with van der Waals surface area (Å²) in [4.78, 5) is 4.72. The van der Waals surface area contributed by atoms with Gasteiger partial charge in [0, 0.05) is 29.4 Å². The molecule has 5 nitrogen and oxygen atoms in total. The third-order valence-corrected chi connectivity index (χ3v) is 4.72. The molecule has 0 amide bonds. The van der Waals surface area contributed by atoms with Crippen LogP contribution in [-0.2, 0) is 16.6 Å². The number of hydrogen-bond donors (Lipinski definition) is 2. The van der Waals surface area contributed by atoms with E-state index in [0.29, 0.717) is 0 Å². The molecule has 2 N–H and O–H groups in total. The van der Waals surface area contributed by atoms with E-state index in [4.69, 9.17) is 5.11 Å². The van der Waals surface area contributed by atoms with Gasteiger partial charge in [0.15, 0.2) is 0 Å². The van der Waals surface area contributed by atoms with Gasteiger partial charge in [0.05, 0.1) is 0 Å². The van der Waals surface area contributed by atoms with Crippen LogP contribution in [0.3, 0.4) is 0 Å². The number of rotatable bonds is 4. The van der Waals surface area contributed by atoms with Crippen molar-refractivity contribution in [3.05, 3.63) is 46.4 Å². The van der Waals surface area contributed by atoms with Crippen LogP contribution in [0.1, 0.15) is 10.4 Å². The zero-order valence-electron chi connectivity index (χ0n) is 10.4. The fourth-order valence-corrected chi connectivity index (χ4v) is 3.29. The SMILES string of the molecule is O=S(=O)(NCc1sccc1C#CCO)c1cccnc1. The number of nitrogens with one attached hydrogen (secondary N) is 1. The van der Waals surface area contributed by atoms with E-state index >= 15 is 0 Å². The van der Waals surface area contributed by atoms with Crippen LogP contribution in [0.5, 0.6) is 0 Å². The molecule has 0 fully saturated rings. The highest BCUT2D eigenvalue weighted by Gasteiger charge is 2.14. The summed E-state index contributed by atoms with van der Waals surface area (Å²) >= 11 is 1.41. The predicted molar refractivity (Wildman–Crippen MR) is 76.5 cm³/mol. The van der Waals surface area contributed by atoms with Crippen LogP contribution in [-0.4, -0.2) is 25.1 Å². The first kappa shape index (κ1) is 14.7. The molecule has 104 valence electrons. The topological polar surface area (TPSA) is 79.3 Å². The summed E-state index contributed by atoms with van der Waals surface area (Å²) in [7, 11) is -3.58. The Kier molecular flexibility index (Phi) is 4.87. The van der Waals surface area contributed by atoms with Gasteiger partial charge < -0.3 is 5.11 Å². The quantitative estimate of drug-likeness (QED) is 0.825. The molecule has 0 radical (unpaired) electrons. The highest BCUT2D eigenvalue weighted by molar-refractivity contribution is 7.89. The molecule has 0 saturated carbocycles. The molecule has 7 heteroatoms. The minimum absolute atomic E-state index is 0.125. The van der Waals surface area contributed by atoms with E-state index in [0.717, 1.165) is 10.4 Å². The van der Waals surface area contributed by atoms with E-state index in [1.54, 1.807) is 12.1 Å². The Hall–Kier alpha value is -1.72. The third-order valence-electron chi connectivity index (χ3n) is 2.41. The minimum Gasteiger partial charge on any atom is -0.384 e. The van der Waals surface area contributed by atoms with Crippen molar-refractivity contribution in [3.8, 4) is 11.8 Å². The lowest BCUT2D eigenvalue weighted by atomic mass is 10.2. The Bertz CT molecular complexity index is 728. The summed E-state index contributed by atoms with van der Waals surface area (Å²) in [6.07, 6.45) is 2.81. The fourth-order valence-electron chi connectivity index (χ4n) is 1.47. The number of pyridine rings is 1. The van der Waals surface area contributed by atoms with Crippen LogP contribution in [0.4, 0.5) is 0 Å². The molecule has 0 saturated heterocycles. The Balaban J connectivity index is 2.11. The van der Waals surface area contributed by atoms with Crippen molar-refractivity contribution < 1.29 is 13.5 Å². The Morgan fingerprint density at radius 3 is 2.95 bits per heavy atom. The lowest BCUT2D eigenvalue weighted by Crippen LogP contribution is -2.23. The maximum absolute atomic E-state index is 12.0. The molecule has 2 rings (SSSR count). The monoisotopic (exact) mass is 308 g/mol. The van der Waals surface area contributed by atoms with E-state index < -0.39 is 10.0 Å². The van der Waals surface area contributed by atoms with Gasteiger partial charge in [0.2, 0.25) is 10.0 Å². The molecule has 0 spiro atoms. The van der Waals surface area contributed by atoms with E-state index in [-0.39, 0.29) is 18.0 Å². The standard InChI is InChI=1S/C13H12N2O3S2/c16-7-2-3-11-5-8-19-13(11)10-15-20(17,18)12-4-1-6-14-9-12/h1,4-6,8-9,15-16H,7,10H2. The van der Waals surface area contributed by atoms with Crippen molar-refractivity contribution in [1.82, 2.24) is 9.71 Å². The largest absolute Gasteiger partial charge is 0.384 e. The van der Waals surface area contributed by atoms with Gasteiger partial charge in [-0.1, -0.05) is 11.8 Å². The van der Waals surface area contributed by atoms with Gasteiger partial charge in [-0.3, -0.25) is 4.98 Å². The molecule has 0 aliphatic rings. The van der Waals surface area contributed by atoms with Crippen LogP contribution in [0, 0.1) is 11.8 Å². The summed E-state index contributed by atoms with van der Waals surface area (Å²) in [6.45, 7) is -0.0684. The van der Waals surface area contributed by atoms with Gasteiger partial charge in [-0.05, 0) is 23.6 Å². The maximum Gasteiger partial charge on any atom is 0.242 e. The van der Waals surface area contributed by atoms with E-state index in [9.17, 15) is 8.42 Å².